The van der Waals surface area contributed by atoms with Gasteiger partial charge < -0.3 is 4.57 Å². The van der Waals surface area contributed by atoms with Crippen LogP contribution in [0, 0.1) is 0 Å². The number of rotatable bonds is 7. The Kier molecular flexibility index (Phi) is 5.32. The van der Waals surface area contributed by atoms with Gasteiger partial charge in [-0.25, -0.2) is 4.98 Å². The number of allylic oxidation sites excluding steroid dienone is 2. The molecule has 0 aliphatic rings. The van der Waals surface area contributed by atoms with Crippen LogP contribution in [0.5, 0.6) is 0 Å². The number of aromatic nitrogens is 2. The molecule has 0 unspecified atom stereocenters. The largest absolute Gasteiger partial charge is 0.328 e. The van der Waals surface area contributed by atoms with Crippen LogP contribution >= 0.6 is 0 Å². The summed E-state index contributed by atoms with van der Waals surface area (Å²) < 4.78 is 2.18. The van der Waals surface area contributed by atoms with Crippen LogP contribution in [-0.2, 0) is 17.8 Å². The summed E-state index contributed by atoms with van der Waals surface area (Å²) in [6.07, 6.45) is 5.10. The Morgan fingerprint density at radius 2 is 1.90 bits per heavy atom. The minimum Gasteiger partial charge on any atom is -0.328 e. The average molecular weight is 284 g/mol. The van der Waals surface area contributed by atoms with E-state index < -0.39 is 0 Å². The van der Waals surface area contributed by atoms with E-state index in [1.54, 1.807) is 6.08 Å². The number of fused-ring (bicyclic) bond motifs is 1. The van der Waals surface area contributed by atoms with Crippen LogP contribution in [0.3, 0.4) is 0 Å². The maximum Gasteiger partial charge on any atom is 0.163 e. The molecule has 3 heteroatoms. The molecular weight excluding hydrogens is 260 g/mol. The van der Waals surface area contributed by atoms with Gasteiger partial charge in [-0.05, 0) is 37.5 Å². The van der Waals surface area contributed by atoms with E-state index in [2.05, 4.69) is 36.4 Å². The molecule has 0 fully saturated rings. The molecule has 0 saturated carbocycles. The van der Waals surface area contributed by atoms with Crippen molar-refractivity contribution in [2.75, 3.05) is 0 Å². The van der Waals surface area contributed by atoms with E-state index in [1.165, 1.54) is 5.57 Å². The van der Waals surface area contributed by atoms with Crippen molar-refractivity contribution in [1.29, 1.82) is 0 Å². The Balaban J connectivity index is 2.31. The molecule has 21 heavy (non-hydrogen) atoms. The van der Waals surface area contributed by atoms with Gasteiger partial charge in [0.05, 0.1) is 17.5 Å². The highest BCUT2D eigenvalue weighted by atomic mass is 16.1. The van der Waals surface area contributed by atoms with Gasteiger partial charge in [0, 0.05) is 6.54 Å². The molecule has 0 bridgehead atoms. The first kappa shape index (κ1) is 15.5. The third-order valence-corrected chi connectivity index (χ3v) is 3.79. The number of hydrogen-bond donors (Lipinski definition) is 0. The van der Waals surface area contributed by atoms with Crippen LogP contribution in [0.15, 0.2) is 35.9 Å². The third kappa shape index (κ3) is 3.60. The minimum absolute atomic E-state index is 0.154. The molecule has 3 nitrogen and oxygen atoms in total. The molecule has 0 radical (unpaired) electrons. The van der Waals surface area contributed by atoms with E-state index >= 15 is 0 Å². The molecule has 0 saturated heterocycles. The fourth-order valence-corrected chi connectivity index (χ4v) is 2.62. The molecule has 0 atom stereocenters. The fourth-order valence-electron chi connectivity index (χ4n) is 2.62. The van der Waals surface area contributed by atoms with Crippen LogP contribution in [0.4, 0.5) is 0 Å². The molecular formula is C18H24N2O. The predicted molar refractivity (Wildman–Crippen MR) is 87.4 cm³/mol. The number of imidazole rings is 1. The van der Waals surface area contributed by atoms with E-state index in [0.717, 1.165) is 42.7 Å². The number of aryl methyl sites for hydroxylation is 1. The second kappa shape index (κ2) is 7.21. The van der Waals surface area contributed by atoms with E-state index in [1.807, 2.05) is 18.2 Å². The van der Waals surface area contributed by atoms with Gasteiger partial charge in [0.1, 0.15) is 5.82 Å². The standard InChI is InChI=1S/C18H24N2O/c1-4-11-20-17-10-8-7-9-16(17)19-18(20)13-15(21)12-14(5-2)6-3/h7-10,12H,4-6,11,13H2,1-3H3. The van der Waals surface area contributed by atoms with Gasteiger partial charge in [0.25, 0.3) is 0 Å². The minimum atomic E-state index is 0.154. The number of para-hydroxylation sites is 2. The summed E-state index contributed by atoms with van der Waals surface area (Å²) in [7, 11) is 0. The average Bonchev–Trinajstić information content (AvgIpc) is 2.83. The fraction of sp³-hybridized carbons (Fsp3) is 0.444. The van der Waals surface area contributed by atoms with Crippen molar-refractivity contribution in [1.82, 2.24) is 9.55 Å². The lowest BCUT2D eigenvalue weighted by Crippen LogP contribution is -2.09. The highest BCUT2D eigenvalue weighted by Crippen LogP contribution is 2.17. The third-order valence-electron chi connectivity index (χ3n) is 3.79. The lowest BCUT2D eigenvalue weighted by atomic mass is 10.1. The molecule has 0 amide bonds. The summed E-state index contributed by atoms with van der Waals surface area (Å²) in [6, 6.07) is 8.09. The zero-order valence-electron chi connectivity index (χ0n) is 13.2. The zero-order valence-corrected chi connectivity index (χ0v) is 13.2. The molecule has 1 heterocycles. The lowest BCUT2D eigenvalue weighted by molar-refractivity contribution is -0.114. The van der Waals surface area contributed by atoms with E-state index in [9.17, 15) is 4.79 Å². The molecule has 1 aromatic carbocycles. The van der Waals surface area contributed by atoms with E-state index in [4.69, 9.17) is 0 Å². The molecule has 0 N–H and O–H groups in total. The summed E-state index contributed by atoms with van der Waals surface area (Å²) >= 11 is 0. The van der Waals surface area contributed by atoms with E-state index in [0.29, 0.717) is 6.42 Å². The molecule has 0 aliphatic carbocycles. The summed E-state index contributed by atoms with van der Waals surface area (Å²) in [6.45, 7) is 7.23. The number of nitrogens with zero attached hydrogens (tertiary/aromatic N) is 2. The SMILES string of the molecule is CCCn1c(CC(=O)C=C(CC)CC)nc2ccccc21. The number of ketones is 1. The predicted octanol–water partition coefficient (Wildman–Crippen LogP) is 4.30. The molecule has 1 aromatic heterocycles. The number of carbonyl (C=O) groups is 1. The van der Waals surface area contributed by atoms with Gasteiger partial charge in [-0.3, -0.25) is 4.79 Å². The van der Waals surface area contributed by atoms with Crippen molar-refractivity contribution in [3.8, 4) is 0 Å². The van der Waals surface area contributed by atoms with Gasteiger partial charge in [0.15, 0.2) is 5.78 Å². The van der Waals surface area contributed by atoms with Crippen molar-refractivity contribution in [3.05, 3.63) is 41.7 Å². The number of benzene rings is 1. The first-order chi connectivity index (χ1) is 10.2. The topological polar surface area (TPSA) is 34.9 Å². The van der Waals surface area contributed by atoms with Gasteiger partial charge in [-0.1, -0.05) is 38.5 Å². The van der Waals surface area contributed by atoms with Gasteiger partial charge in [-0.15, -0.1) is 0 Å². The Hall–Kier alpha value is -1.90. The first-order valence-electron chi connectivity index (χ1n) is 7.86. The van der Waals surface area contributed by atoms with Crippen LogP contribution in [0.25, 0.3) is 11.0 Å². The summed E-state index contributed by atoms with van der Waals surface area (Å²) in [5.74, 6) is 1.03. The van der Waals surface area contributed by atoms with Gasteiger partial charge in [-0.2, -0.15) is 0 Å². The van der Waals surface area contributed by atoms with Crippen molar-refractivity contribution >= 4 is 16.8 Å². The normalized spacial score (nSPS) is 10.8. The Labute approximate surface area is 126 Å². The smallest absolute Gasteiger partial charge is 0.163 e. The van der Waals surface area contributed by atoms with Crippen molar-refractivity contribution in [2.24, 2.45) is 0 Å². The second-order valence-electron chi connectivity index (χ2n) is 5.32. The Bertz CT molecular complexity index is 646. The molecule has 2 aromatic rings. The van der Waals surface area contributed by atoms with E-state index in [-0.39, 0.29) is 5.78 Å². The van der Waals surface area contributed by atoms with Crippen LogP contribution < -0.4 is 0 Å². The first-order valence-corrected chi connectivity index (χ1v) is 7.86. The van der Waals surface area contributed by atoms with Crippen molar-refractivity contribution in [2.45, 2.75) is 53.0 Å². The Morgan fingerprint density at radius 1 is 1.19 bits per heavy atom. The summed E-state index contributed by atoms with van der Waals surface area (Å²) in [5, 5.41) is 0. The monoisotopic (exact) mass is 284 g/mol. The van der Waals surface area contributed by atoms with Gasteiger partial charge >= 0.3 is 0 Å². The Morgan fingerprint density at radius 3 is 2.57 bits per heavy atom. The van der Waals surface area contributed by atoms with Crippen molar-refractivity contribution in [3.63, 3.8) is 0 Å². The second-order valence-corrected chi connectivity index (χ2v) is 5.32. The summed E-state index contributed by atoms with van der Waals surface area (Å²) in [4.78, 5) is 16.9. The molecule has 0 aliphatic heterocycles. The van der Waals surface area contributed by atoms with Crippen LogP contribution in [0.2, 0.25) is 0 Å². The molecule has 112 valence electrons. The molecule has 2 rings (SSSR count). The quantitative estimate of drug-likeness (QED) is 0.710. The van der Waals surface area contributed by atoms with Crippen molar-refractivity contribution < 1.29 is 4.79 Å². The maximum atomic E-state index is 12.2. The van der Waals surface area contributed by atoms with Crippen LogP contribution in [0.1, 0.15) is 45.9 Å². The maximum absolute atomic E-state index is 12.2. The van der Waals surface area contributed by atoms with Crippen LogP contribution in [-0.4, -0.2) is 15.3 Å². The summed E-state index contributed by atoms with van der Waals surface area (Å²) in [5.41, 5.74) is 3.31. The molecule has 0 spiro atoms. The number of carbonyl (C=O) groups excluding carboxylic acids is 1. The van der Waals surface area contributed by atoms with Gasteiger partial charge in [0.2, 0.25) is 0 Å². The number of hydrogen-bond acceptors (Lipinski definition) is 2. The highest BCUT2D eigenvalue weighted by Gasteiger charge is 2.12. The highest BCUT2D eigenvalue weighted by molar-refractivity contribution is 5.92. The zero-order chi connectivity index (χ0) is 15.2. The lowest BCUT2D eigenvalue weighted by Gasteiger charge is -2.06.